The molecule has 4 heteroatoms. The Bertz CT molecular complexity index is 483. The molecular formula is C17H24F3N. The van der Waals surface area contributed by atoms with Crippen molar-refractivity contribution in [1.82, 2.24) is 5.32 Å². The lowest BCUT2D eigenvalue weighted by molar-refractivity contribution is -0.137. The maximum atomic E-state index is 12.9. The summed E-state index contributed by atoms with van der Waals surface area (Å²) in [5, 5.41) is 3.39. The Morgan fingerprint density at radius 3 is 2.38 bits per heavy atom. The van der Waals surface area contributed by atoms with Crippen LogP contribution in [0.3, 0.4) is 0 Å². The van der Waals surface area contributed by atoms with E-state index in [4.69, 9.17) is 0 Å². The molecule has 1 fully saturated rings. The predicted octanol–water partition coefficient (Wildman–Crippen LogP) is 4.76. The van der Waals surface area contributed by atoms with Gasteiger partial charge < -0.3 is 5.32 Å². The van der Waals surface area contributed by atoms with Crippen molar-refractivity contribution in [2.75, 3.05) is 13.1 Å². The first kappa shape index (κ1) is 16.3. The number of hydrogen-bond acceptors (Lipinski definition) is 1. The highest BCUT2D eigenvalue weighted by Gasteiger charge is 2.50. The van der Waals surface area contributed by atoms with Gasteiger partial charge in [-0.1, -0.05) is 39.0 Å². The van der Waals surface area contributed by atoms with Crippen molar-refractivity contribution >= 4 is 0 Å². The molecule has 0 aliphatic heterocycles. The molecule has 0 bridgehead atoms. The van der Waals surface area contributed by atoms with Crippen LogP contribution in [0.1, 0.15) is 51.2 Å². The van der Waals surface area contributed by atoms with Gasteiger partial charge in [-0.05, 0) is 42.9 Å². The fourth-order valence-corrected chi connectivity index (χ4v) is 3.74. The molecule has 0 radical (unpaired) electrons. The van der Waals surface area contributed by atoms with Crippen LogP contribution in [0.25, 0.3) is 0 Å². The summed E-state index contributed by atoms with van der Waals surface area (Å²) in [6.07, 6.45) is -1.38. The zero-order valence-corrected chi connectivity index (χ0v) is 13.0. The van der Waals surface area contributed by atoms with E-state index in [0.717, 1.165) is 44.0 Å². The summed E-state index contributed by atoms with van der Waals surface area (Å²) in [5.74, 6) is 0. The normalized spacial score (nSPS) is 20.1. The van der Waals surface area contributed by atoms with E-state index in [1.54, 1.807) is 0 Å². The third kappa shape index (κ3) is 3.60. The second-order valence-electron chi connectivity index (χ2n) is 7.05. The largest absolute Gasteiger partial charge is 0.416 e. The van der Waals surface area contributed by atoms with Crippen LogP contribution in [0.5, 0.6) is 0 Å². The second kappa shape index (κ2) is 5.64. The second-order valence-corrected chi connectivity index (χ2v) is 7.05. The van der Waals surface area contributed by atoms with Crippen molar-refractivity contribution in [3.05, 3.63) is 35.4 Å². The summed E-state index contributed by atoms with van der Waals surface area (Å²) in [4.78, 5) is 0. The van der Waals surface area contributed by atoms with E-state index in [1.807, 2.05) is 6.07 Å². The highest BCUT2D eigenvalue weighted by molar-refractivity contribution is 5.35. The average molecular weight is 299 g/mol. The van der Waals surface area contributed by atoms with Crippen molar-refractivity contribution in [3.8, 4) is 0 Å². The van der Waals surface area contributed by atoms with Crippen LogP contribution < -0.4 is 5.32 Å². The van der Waals surface area contributed by atoms with Crippen LogP contribution in [0.4, 0.5) is 13.2 Å². The number of benzene rings is 1. The van der Waals surface area contributed by atoms with Gasteiger partial charge in [0.05, 0.1) is 5.56 Å². The zero-order valence-electron chi connectivity index (χ0n) is 13.0. The Labute approximate surface area is 124 Å². The van der Waals surface area contributed by atoms with Gasteiger partial charge in [0.15, 0.2) is 0 Å². The molecule has 0 heterocycles. The third-order valence-corrected chi connectivity index (χ3v) is 4.33. The quantitative estimate of drug-likeness (QED) is 0.773. The summed E-state index contributed by atoms with van der Waals surface area (Å²) >= 11 is 0. The Morgan fingerprint density at radius 2 is 1.86 bits per heavy atom. The maximum Gasteiger partial charge on any atom is 0.416 e. The minimum atomic E-state index is -4.27. The molecule has 118 valence electrons. The van der Waals surface area contributed by atoms with Crippen LogP contribution in [-0.2, 0) is 11.6 Å². The van der Waals surface area contributed by atoms with E-state index in [0.29, 0.717) is 0 Å². The molecular weight excluding hydrogens is 275 g/mol. The Morgan fingerprint density at radius 1 is 1.19 bits per heavy atom. The van der Waals surface area contributed by atoms with Gasteiger partial charge in [-0.3, -0.25) is 0 Å². The summed E-state index contributed by atoms with van der Waals surface area (Å²) in [6, 6.07) is 5.87. The van der Waals surface area contributed by atoms with Crippen LogP contribution >= 0.6 is 0 Å². The monoisotopic (exact) mass is 299 g/mol. The van der Waals surface area contributed by atoms with Gasteiger partial charge in [-0.2, -0.15) is 13.2 Å². The van der Waals surface area contributed by atoms with E-state index in [9.17, 15) is 13.2 Å². The van der Waals surface area contributed by atoms with Gasteiger partial charge in [0.2, 0.25) is 0 Å². The van der Waals surface area contributed by atoms with Gasteiger partial charge in [0, 0.05) is 12.0 Å². The van der Waals surface area contributed by atoms with Gasteiger partial charge in [0.25, 0.3) is 0 Å². The van der Waals surface area contributed by atoms with Crippen LogP contribution in [0, 0.1) is 5.41 Å². The molecule has 1 aliphatic rings. The molecule has 21 heavy (non-hydrogen) atoms. The maximum absolute atomic E-state index is 12.9. The number of rotatable bonds is 5. The molecule has 1 aromatic carbocycles. The molecule has 0 aromatic heterocycles. The van der Waals surface area contributed by atoms with E-state index >= 15 is 0 Å². The van der Waals surface area contributed by atoms with E-state index in [-0.39, 0.29) is 10.8 Å². The molecule has 0 unspecified atom stereocenters. The first-order valence-electron chi connectivity index (χ1n) is 7.57. The number of alkyl halides is 3. The van der Waals surface area contributed by atoms with Crippen LogP contribution in [-0.4, -0.2) is 13.1 Å². The molecule has 0 saturated heterocycles. The SMILES string of the molecule is CCCNCC1(c2cccc(C(F)(F)F)c2)CC(C)(C)C1. The van der Waals surface area contributed by atoms with Crippen molar-refractivity contribution in [1.29, 1.82) is 0 Å². The summed E-state index contributed by atoms with van der Waals surface area (Å²) < 4.78 is 38.8. The van der Waals surface area contributed by atoms with Crippen LogP contribution in [0.2, 0.25) is 0 Å². The topological polar surface area (TPSA) is 12.0 Å². The molecule has 1 aromatic rings. The fraction of sp³-hybridized carbons (Fsp3) is 0.647. The molecule has 2 rings (SSSR count). The summed E-state index contributed by atoms with van der Waals surface area (Å²) in [7, 11) is 0. The lowest BCUT2D eigenvalue weighted by atomic mass is 9.52. The molecule has 0 spiro atoms. The van der Waals surface area contributed by atoms with E-state index < -0.39 is 11.7 Å². The van der Waals surface area contributed by atoms with Crippen LogP contribution in [0.15, 0.2) is 24.3 Å². The molecule has 0 atom stereocenters. The molecule has 1 N–H and O–H groups in total. The molecule has 0 amide bonds. The zero-order chi connectivity index (χ0) is 15.7. The Kier molecular flexibility index (Phi) is 4.39. The Hall–Kier alpha value is -1.03. The number of halogens is 3. The summed E-state index contributed by atoms with van der Waals surface area (Å²) in [5.41, 5.74) is 0.335. The standard InChI is InChI=1S/C17H24F3N/c1-4-8-21-12-16(10-15(2,3)11-16)13-6-5-7-14(9-13)17(18,19)20/h5-7,9,21H,4,8,10-12H2,1-3H3. The minimum absolute atomic E-state index is 0.153. The van der Waals surface area contributed by atoms with Crippen molar-refractivity contribution in [2.45, 2.75) is 51.6 Å². The van der Waals surface area contributed by atoms with E-state index in [1.165, 1.54) is 12.1 Å². The highest BCUT2D eigenvalue weighted by Crippen LogP contribution is 2.55. The molecule has 1 saturated carbocycles. The number of nitrogens with one attached hydrogen (secondary N) is 1. The number of hydrogen-bond donors (Lipinski definition) is 1. The van der Waals surface area contributed by atoms with Gasteiger partial charge in [-0.25, -0.2) is 0 Å². The predicted molar refractivity (Wildman–Crippen MR) is 79.3 cm³/mol. The lowest BCUT2D eigenvalue weighted by Gasteiger charge is -2.54. The highest BCUT2D eigenvalue weighted by atomic mass is 19.4. The third-order valence-electron chi connectivity index (χ3n) is 4.33. The molecule has 1 nitrogen and oxygen atoms in total. The smallest absolute Gasteiger partial charge is 0.316 e. The van der Waals surface area contributed by atoms with Gasteiger partial charge in [0.1, 0.15) is 0 Å². The van der Waals surface area contributed by atoms with Crippen molar-refractivity contribution < 1.29 is 13.2 Å². The van der Waals surface area contributed by atoms with E-state index in [2.05, 4.69) is 26.1 Å². The first-order chi connectivity index (χ1) is 9.69. The first-order valence-corrected chi connectivity index (χ1v) is 7.57. The minimum Gasteiger partial charge on any atom is -0.316 e. The lowest BCUT2D eigenvalue weighted by Crippen LogP contribution is -2.52. The average Bonchev–Trinajstić information content (AvgIpc) is 2.35. The van der Waals surface area contributed by atoms with Crippen molar-refractivity contribution in [2.24, 2.45) is 5.41 Å². The fourth-order valence-electron chi connectivity index (χ4n) is 3.74. The summed E-state index contributed by atoms with van der Waals surface area (Å²) in [6.45, 7) is 8.11. The Balaban J connectivity index is 2.26. The van der Waals surface area contributed by atoms with Gasteiger partial charge >= 0.3 is 6.18 Å². The van der Waals surface area contributed by atoms with Crippen molar-refractivity contribution in [3.63, 3.8) is 0 Å². The molecule has 1 aliphatic carbocycles. The van der Waals surface area contributed by atoms with Gasteiger partial charge in [-0.15, -0.1) is 0 Å².